The smallest absolute Gasteiger partial charge is 0.241 e. The van der Waals surface area contributed by atoms with Crippen LogP contribution in [0.5, 0.6) is 0 Å². The topological polar surface area (TPSA) is 53.2 Å². The SMILES string of the molecule is C[C@@H]1CCCC[C@H]1NC(=S)NNC(=O)C1CCC1. The first-order chi connectivity index (χ1) is 8.66. The Bertz CT molecular complexity index is 317. The van der Waals surface area contributed by atoms with Crippen molar-refractivity contribution in [3.8, 4) is 0 Å². The average molecular weight is 269 g/mol. The first kappa shape index (κ1) is 13.6. The number of hydrogen-bond acceptors (Lipinski definition) is 2. The van der Waals surface area contributed by atoms with E-state index in [-0.39, 0.29) is 11.8 Å². The van der Waals surface area contributed by atoms with E-state index in [2.05, 4.69) is 23.1 Å². The van der Waals surface area contributed by atoms with Crippen molar-refractivity contribution in [1.29, 1.82) is 0 Å². The molecular formula is C13H23N3OS. The van der Waals surface area contributed by atoms with E-state index in [1.165, 1.54) is 32.1 Å². The Balaban J connectivity index is 1.66. The van der Waals surface area contributed by atoms with E-state index < -0.39 is 0 Å². The van der Waals surface area contributed by atoms with Gasteiger partial charge in [0.25, 0.3) is 0 Å². The molecule has 2 saturated carbocycles. The summed E-state index contributed by atoms with van der Waals surface area (Å²) in [6, 6.07) is 0.444. The Morgan fingerprint density at radius 2 is 1.78 bits per heavy atom. The van der Waals surface area contributed by atoms with Gasteiger partial charge in [-0.2, -0.15) is 0 Å². The summed E-state index contributed by atoms with van der Waals surface area (Å²) in [6.07, 6.45) is 8.19. The van der Waals surface area contributed by atoms with Crippen LogP contribution in [-0.4, -0.2) is 17.1 Å². The maximum absolute atomic E-state index is 11.6. The van der Waals surface area contributed by atoms with Crippen molar-refractivity contribution < 1.29 is 4.79 Å². The molecule has 3 N–H and O–H groups in total. The Morgan fingerprint density at radius 1 is 1.06 bits per heavy atom. The Morgan fingerprint density at radius 3 is 2.39 bits per heavy atom. The number of thiocarbonyl (C=S) groups is 1. The molecule has 2 fully saturated rings. The summed E-state index contributed by atoms with van der Waals surface area (Å²) in [5.41, 5.74) is 5.52. The summed E-state index contributed by atoms with van der Waals surface area (Å²) in [5.74, 6) is 0.914. The quantitative estimate of drug-likeness (QED) is 0.529. The zero-order valence-electron chi connectivity index (χ0n) is 11.0. The van der Waals surface area contributed by atoms with E-state index in [1.54, 1.807) is 0 Å². The van der Waals surface area contributed by atoms with E-state index in [0.717, 1.165) is 12.8 Å². The summed E-state index contributed by atoms with van der Waals surface area (Å²) in [4.78, 5) is 11.6. The van der Waals surface area contributed by atoms with Crippen molar-refractivity contribution in [2.75, 3.05) is 0 Å². The summed E-state index contributed by atoms with van der Waals surface area (Å²) in [6.45, 7) is 2.26. The molecule has 0 aliphatic heterocycles. The molecule has 4 nitrogen and oxygen atoms in total. The van der Waals surface area contributed by atoms with Gasteiger partial charge in [-0.1, -0.05) is 26.2 Å². The lowest BCUT2D eigenvalue weighted by Crippen LogP contribution is -2.53. The number of nitrogens with one attached hydrogen (secondary N) is 3. The van der Waals surface area contributed by atoms with Crippen LogP contribution in [0.3, 0.4) is 0 Å². The second-order valence-corrected chi connectivity index (χ2v) is 5.99. The predicted octanol–water partition coefficient (Wildman–Crippen LogP) is 1.86. The Kier molecular flexibility index (Phi) is 4.80. The van der Waals surface area contributed by atoms with Crippen LogP contribution in [0.4, 0.5) is 0 Å². The number of hydrogen-bond donors (Lipinski definition) is 3. The third-order valence-electron chi connectivity index (χ3n) is 4.20. The largest absolute Gasteiger partial charge is 0.358 e. The normalized spacial score (nSPS) is 28.1. The molecule has 0 aromatic carbocycles. The highest BCUT2D eigenvalue weighted by atomic mass is 32.1. The van der Waals surface area contributed by atoms with Gasteiger partial charge in [-0.05, 0) is 43.8 Å². The maximum atomic E-state index is 11.6. The Hall–Kier alpha value is -0.840. The van der Waals surface area contributed by atoms with Crippen LogP contribution in [0.25, 0.3) is 0 Å². The predicted molar refractivity (Wildman–Crippen MR) is 75.8 cm³/mol. The summed E-state index contributed by atoms with van der Waals surface area (Å²) < 4.78 is 0. The van der Waals surface area contributed by atoms with Gasteiger partial charge in [0.05, 0.1) is 0 Å². The maximum Gasteiger partial charge on any atom is 0.241 e. The fourth-order valence-corrected chi connectivity index (χ4v) is 2.83. The van der Waals surface area contributed by atoms with Crippen LogP contribution in [-0.2, 0) is 4.79 Å². The second-order valence-electron chi connectivity index (χ2n) is 5.58. The van der Waals surface area contributed by atoms with Gasteiger partial charge in [-0.3, -0.25) is 15.6 Å². The number of carbonyl (C=O) groups is 1. The third-order valence-corrected chi connectivity index (χ3v) is 4.42. The van der Waals surface area contributed by atoms with Gasteiger partial charge in [0.2, 0.25) is 5.91 Å². The lowest BCUT2D eigenvalue weighted by molar-refractivity contribution is -0.127. The summed E-state index contributed by atoms with van der Waals surface area (Å²) in [7, 11) is 0. The molecule has 2 aliphatic carbocycles. The highest BCUT2D eigenvalue weighted by molar-refractivity contribution is 7.80. The van der Waals surface area contributed by atoms with Gasteiger partial charge >= 0.3 is 0 Å². The van der Waals surface area contributed by atoms with Gasteiger partial charge in [0, 0.05) is 12.0 Å². The second kappa shape index (κ2) is 6.36. The van der Waals surface area contributed by atoms with Crippen molar-refractivity contribution in [2.45, 2.75) is 57.9 Å². The number of hydrazine groups is 1. The number of carbonyl (C=O) groups excluding carboxylic acids is 1. The van der Waals surface area contributed by atoms with Gasteiger partial charge < -0.3 is 5.32 Å². The third kappa shape index (κ3) is 3.57. The van der Waals surface area contributed by atoms with Crippen LogP contribution in [0, 0.1) is 11.8 Å². The number of amides is 1. The molecule has 0 heterocycles. The van der Waals surface area contributed by atoms with Crippen molar-refractivity contribution in [1.82, 2.24) is 16.2 Å². The van der Waals surface area contributed by atoms with Crippen LogP contribution >= 0.6 is 12.2 Å². The molecule has 0 radical (unpaired) electrons. The molecule has 0 spiro atoms. The van der Waals surface area contributed by atoms with E-state index in [0.29, 0.717) is 17.1 Å². The molecule has 18 heavy (non-hydrogen) atoms. The Labute approximate surface area is 114 Å². The van der Waals surface area contributed by atoms with E-state index in [9.17, 15) is 4.79 Å². The fourth-order valence-electron chi connectivity index (χ4n) is 2.63. The van der Waals surface area contributed by atoms with E-state index in [1.807, 2.05) is 0 Å². The van der Waals surface area contributed by atoms with Crippen LogP contribution in [0.1, 0.15) is 51.9 Å². The van der Waals surface area contributed by atoms with Crippen LogP contribution in [0.15, 0.2) is 0 Å². The number of rotatable bonds is 2. The molecular weight excluding hydrogens is 246 g/mol. The van der Waals surface area contributed by atoms with Gasteiger partial charge in [0.15, 0.2) is 5.11 Å². The highest BCUT2D eigenvalue weighted by Gasteiger charge is 2.25. The van der Waals surface area contributed by atoms with Crippen molar-refractivity contribution in [3.63, 3.8) is 0 Å². The summed E-state index contributed by atoms with van der Waals surface area (Å²) >= 11 is 5.21. The molecule has 102 valence electrons. The first-order valence-electron chi connectivity index (χ1n) is 7.03. The van der Waals surface area contributed by atoms with Crippen molar-refractivity contribution in [2.24, 2.45) is 11.8 Å². The lowest BCUT2D eigenvalue weighted by atomic mass is 9.85. The molecule has 0 unspecified atom stereocenters. The van der Waals surface area contributed by atoms with Gasteiger partial charge in [-0.25, -0.2) is 0 Å². The minimum atomic E-state index is 0.0714. The molecule has 1 amide bonds. The van der Waals surface area contributed by atoms with Crippen molar-refractivity contribution in [3.05, 3.63) is 0 Å². The highest BCUT2D eigenvalue weighted by Crippen LogP contribution is 2.26. The van der Waals surface area contributed by atoms with Gasteiger partial charge in [-0.15, -0.1) is 0 Å². The summed E-state index contributed by atoms with van der Waals surface area (Å²) in [5, 5.41) is 3.85. The standard InChI is InChI=1S/C13H23N3OS/c1-9-5-2-3-8-11(9)14-13(18)16-15-12(17)10-6-4-7-10/h9-11H,2-8H2,1H3,(H,15,17)(H2,14,16,18)/t9-,11-/m1/s1. The van der Waals surface area contributed by atoms with Crippen molar-refractivity contribution >= 4 is 23.2 Å². The first-order valence-corrected chi connectivity index (χ1v) is 7.44. The van der Waals surface area contributed by atoms with E-state index in [4.69, 9.17) is 12.2 Å². The van der Waals surface area contributed by atoms with E-state index >= 15 is 0 Å². The monoisotopic (exact) mass is 269 g/mol. The molecule has 0 bridgehead atoms. The molecule has 2 rings (SSSR count). The zero-order chi connectivity index (χ0) is 13.0. The molecule has 0 aromatic heterocycles. The van der Waals surface area contributed by atoms with Gasteiger partial charge in [0.1, 0.15) is 0 Å². The van der Waals surface area contributed by atoms with Crippen LogP contribution < -0.4 is 16.2 Å². The zero-order valence-corrected chi connectivity index (χ0v) is 11.8. The lowest BCUT2D eigenvalue weighted by Gasteiger charge is -2.31. The molecule has 2 atom stereocenters. The molecule has 0 aromatic rings. The average Bonchev–Trinajstić information content (AvgIpc) is 2.27. The molecule has 5 heteroatoms. The minimum absolute atomic E-state index is 0.0714. The van der Waals surface area contributed by atoms with Crippen LogP contribution in [0.2, 0.25) is 0 Å². The molecule has 0 saturated heterocycles. The fraction of sp³-hybridized carbons (Fsp3) is 0.846. The molecule has 2 aliphatic rings. The minimum Gasteiger partial charge on any atom is -0.358 e.